The SMILES string of the molecule is CCCNCCN(C)Cc1cccc(C)c1C. The quantitative estimate of drug-likeness (QED) is 0.730. The predicted molar refractivity (Wildman–Crippen MR) is 75.4 cm³/mol. The lowest BCUT2D eigenvalue weighted by atomic mass is 10.0. The molecule has 0 bridgehead atoms. The lowest BCUT2D eigenvalue weighted by Gasteiger charge is -2.19. The largest absolute Gasteiger partial charge is 0.315 e. The molecule has 0 aromatic heterocycles. The molecule has 0 saturated carbocycles. The maximum atomic E-state index is 3.44. The minimum Gasteiger partial charge on any atom is -0.315 e. The smallest absolute Gasteiger partial charge is 0.0233 e. The predicted octanol–water partition coefficient (Wildman–Crippen LogP) is 2.73. The van der Waals surface area contributed by atoms with Crippen LogP contribution in [0.1, 0.15) is 30.0 Å². The van der Waals surface area contributed by atoms with Crippen LogP contribution in [0, 0.1) is 13.8 Å². The molecule has 0 spiro atoms. The average Bonchev–Trinajstić information content (AvgIpc) is 2.31. The number of nitrogens with one attached hydrogen (secondary N) is 1. The first-order valence-electron chi connectivity index (χ1n) is 6.59. The van der Waals surface area contributed by atoms with Gasteiger partial charge < -0.3 is 10.2 Å². The van der Waals surface area contributed by atoms with E-state index in [-0.39, 0.29) is 0 Å². The Bertz CT molecular complexity index is 334. The molecule has 1 rings (SSSR count). The van der Waals surface area contributed by atoms with Crippen LogP contribution < -0.4 is 5.32 Å². The Labute approximate surface area is 106 Å². The minimum absolute atomic E-state index is 1.04. The number of rotatable bonds is 7. The summed E-state index contributed by atoms with van der Waals surface area (Å²) in [6.45, 7) is 10.9. The Hall–Kier alpha value is -0.860. The van der Waals surface area contributed by atoms with Crippen molar-refractivity contribution in [2.45, 2.75) is 33.7 Å². The zero-order chi connectivity index (χ0) is 12.7. The van der Waals surface area contributed by atoms with Gasteiger partial charge in [0.15, 0.2) is 0 Å². The van der Waals surface area contributed by atoms with E-state index >= 15 is 0 Å². The van der Waals surface area contributed by atoms with Crippen molar-refractivity contribution < 1.29 is 0 Å². The maximum absolute atomic E-state index is 3.44. The standard InChI is InChI=1S/C15H26N2/c1-5-9-16-10-11-17(4)12-15-8-6-7-13(2)14(15)3/h6-8,16H,5,9-12H2,1-4H3. The highest BCUT2D eigenvalue weighted by molar-refractivity contribution is 5.32. The summed E-state index contributed by atoms with van der Waals surface area (Å²) in [5, 5.41) is 3.44. The van der Waals surface area contributed by atoms with Gasteiger partial charge in [-0.1, -0.05) is 25.1 Å². The van der Waals surface area contributed by atoms with Gasteiger partial charge in [0.1, 0.15) is 0 Å². The fraction of sp³-hybridized carbons (Fsp3) is 0.600. The zero-order valence-corrected chi connectivity index (χ0v) is 11.7. The Balaban J connectivity index is 2.39. The molecule has 1 aromatic carbocycles. The molecule has 0 aliphatic carbocycles. The maximum Gasteiger partial charge on any atom is 0.0233 e. The van der Waals surface area contributed by atoms with Gasteiger partial charge >= 0.3 is 0 Å². The Morgan fingerprint density at radius 3 is 2.65 bits per heavy atom. The molecular weight excluding hydrogens is 208 g/mol. The number of nitrogens with zero attached hydrogens (tertiary/aromatic N) is 1. The topological polar surface area (TPSA) is 15.3 Å². The van der Waals surface area contributed by atoms with Crippen LogP contribution in [0.15, 0.2) is 18.2 Å². The molecule has 0 unspecified atom stereocenters. The van der Waals surface area contributed by atoms with E-state index in [1.165, 1.54) is 23.1 Å². The molecule has 0 aliphatic rings. The summed E-state index contributed by atoms with van der Waals surface area (Å²) in [5.74, 6) is 0. The van der Waals surface area contributed by atoms with E-state index in [0.717, 1.165) is 26.2 Å². The van der Waals surface area contributed by atoms with Gasteiger partial charge in [-0.25, -0.2) is 0 Å². The van der Waals surface area contributed by atoms with Gasteiger partial charge in [0.2, 0.25) is 0 Å². The number of hydrogen-bond donors (Lipinski definition) is 1. The van der Waals surface area contributed by atoms with Crippen LogP contribution in [-0.4, -0.2) is 31.6 Å². The van der Waals surface area contributed by atoms with E-state index in [1.807, 2.05) is 0 Å². The van der Waals surface area contributed by atoms with Crippen LogP contribution in [0.2, 0.25) is 0 Å². The minimum atomic E-state index is 1.04. The zero-order valence-electron chi connectivity index (χ0n) is 11.7. The van der Waals surface area contributed by atoms with Crippen molar-refractivity contribution in [1.29, 1.82) is 0 Å². The molecule has 1 aromatic rings. The third kappa shape index (κ3) is 4.88. The summed E-state index contributed by atoms with van der Waals surface area (Å²) in [6, 6.07) is 6.57. The average molecular weight is 234 g/mol. The summed E-state index contributed by atoms with van der Waals surface area (Å²) in [7, 11) is 2.19. The van der Waals surface area contributed by atoms with E-state index in [1.54, 1.807) is 0 Å². The van der Waals surface area contributed by atoms with Gasteiger partial charge in [-0.3, -0.25) is 0 Å². The van der Waals surface area contributed by atoms with Crippen molar-refractivity contribution in [3.63, 3.8) is 0 Å². The first kappa shape index (κ1) is 14.2. The van der Waals surface area contributed by atoms with Crippen molar-refractivity contribution in [3.05, 3.63) is 34.9 Å². The highest BCUT2D eigenvalue weighted by atomic mass is 15.1. The lowest BCUT2D eigenvalue weighted by Crippen LogP contribution is -2.29. The number of hydrogen-bond acceptors (Lipinski definition) is 2. The molecule has 0 heterocycles. The van der Waals surface area contributed by atoms with Crippen LogP contribution in [0.4, 0.5) is 0 Å². The van der Waals surface area contributed by atoms with Crippen molar-refractivity contribution in [2.75, 3.05) is 26.7 Å². The Kier molecular flexibility index (Phi) is 6.23. The molecule has 2 nitrogen and oxygen atoms in total. The summed E-state index contributed by atoms with van der Waals surface area (Å²) in [4.78, 5) is 2.38. The number of likely N-dealkylation sites (N-methyl/N-ethyl adjacent to an activating group) is 1. The summed E-state index contributed by atoms with van der Waals surface area (Å²) in [6.07, 6.45) is 1.21. The second-order valence-corrected chi connectivity index (χ2v) is 4.85. The molecule has 96 valence electrons. The third-order valence-corrected chi connectivity index (χ3v) is 3.25. The lowest BCUT2D eigenvalue weighted by molar-refractivity contribution is 0.324. The molecular formula is C15H26N2. The monoisotopic (exact) mass is 234 g/mol. The van der Waals surface area contributed by atoms with Gasteiger partial charge in [-0.2, -0.15) is 0 Å². The van der Waals surface area contributed by atoms with Crippen LogP contribution in [0.3, 0.4) is 0 Å². The van der Waals surface area contributed by atoms with Crippen molar-refractivity contribution >= 4 is 0 Å². The van der Waals surface area contributed by atoms with Gasteiger partial charge in [-0.05, 0) is 50.6 Å². The molecule has 0 fully saturated rings. The van der Waals surface area contributed by atoms with Crippen LogP contribution in [0.25, 0.3) is 0 Å². The third-order valence-electron chi connectivity index (χ3n) is 3.25. The van der Waals surface area contributed by atoms with Crippen molar-refractivity contribution in [3.8, 4) is 0 Å². The molecule has 17 heavy (non-hydrogen) atoms. The number of aryl methyl sites for hydroxylation is 1. The number of benzene rings is 1. The van der Waals surface area contributed by atoms with Gasteiger partial charge in [0, 0.05) is 19.6 Å². The second kappa shape index (κ2) is 7.46. The Morgan fingerprint density at radius 1 is 1.18 bits per heavy atom. The normalized spacial score (nSPS) is 11.1. The summed E-state index contributed by atoms with van der Waals surface area (Å²) in [5.41, 5.74) is 4.27. The van der Waals surface area contributed by atoms with Gasteiger partial charge in [0.25, 0.3) is 0 Å². The van der Waals surface area contributed by atoms with Crippen molar-refractivity contribution in [1.82, 2.24) is 10.2 Å². The van der Waals surface area contributed by atoms with Gasteiger partial charge in [0.05, 0.1) is 0 Å². The molecule has 0 aliphatic heterocycles. The first-order chi connectivity index (χ1) is 8.15. The molecule has 0 saturated heterocycles. The van der Waals surface area contributed by atoms with Crippen LogP contribution in [0.5, 0.6) is 0 Å². The summed E-state index contributed by atoms with van der Waals surface area (Å²) >= 11 is 0. The fourth-order valence-electron chi connectivity index (χ4n) is 1.92. The first-order valence-corrected chi connectivity index (χ1v) is 6.59. The highest BCUT2D eigenvalue weighted by Gasteiger charge is 2.04. The van der Waals surface area contributed by atoms with E-state index in [2.05, 4.69) is 56.2 Å². The van der Waals surface area contributed by atoms with Crippen LogP contribution >= 0.6 is 0 Å². The molecule has 0 amide bonds. The molecule has 2 heteroatoms. The van der Waals surface area contributed by atoms with Crippen LogP contribution in [-0.2, 0) is 6.54 Å². The Morgan fingerprint density at radius 2 is 1.94 bits per heavy atom. The van der Waals surface area contributed by atoms with E-state index < -0.39 is 0 Å². The molecule has 0 radical (unpaired) electrons. The van der Waals surface area contributed by atoms with Gasteiger partial charge in [-0.15, -0.1) is 0 Å². The highest BCUT2D eigenvalue weighted by Crippen LogP contribution is 2.13. The fourth-order valence-corrected chi connectivity index (χ4v) is 1.92. The molecule has 1 N–H and O–H groups in total. The summed E-state index contributed by atoms with van der Waals surface area (Å²) < 4.78 is 0. The van der Waals surface area contributed by atoms with Crippen molar-refractivity contribution in [2.24, 2.45) is 0 Å². The van der Waals surface area contributed by atoms with E-state index in [9.17, 15) is 0 Å². The second-order valence-electron chi connectivity index (χ2n) is 4.85. The van der Waals surface area contributed by atoms with E-state index in [0.29, 0.717) is 0 Å². The molecule has 0 atom stereocenters. The van der Waals surface area contributed by atoms with E-state index in [4.69, 9.17) is 0 Å².